The van der Waals surface area contributed by atoms with Gasteiger partial charge in [-0.25, -0.2) is 10.0 Å². The molecule has 146 valence electrons. The van der Waals surface area contributed by atoms with Crippen molar-refractivity contribution in [3.05, 3.63) is 18.2 Å². The van der Waals surface area contributed by atoms with Crippen molar-refractivity contribution in [3.63, 3.8) is 0 Å². The van der Waals surface area contributed by atoms with Gasteiger partial charge in [0, 0.05) is 6.07 Å². The number of benzene rings is 1. The minimum atomic E-state index is -0.558. The minimum Gasteiger partial charge on any atom is -0.497 e. The lowest BCUT2D eigenvalue weighted by Gasteiger charge is -2.19. The summed E-state index contributed by atoms with van der Waals surface area (Å²) in [4.78, 5) is 27.3. The number of amides is 2. The molecule has 0 radical (unpaired) electrons. The lowest BCUT2D eigenvalue weighted by Crippen LogP contribution is -2.40. The Balaban J connectivity index is 1.99. The van der Waals surface area contributed by atoms with Crippen molar-refractivity contribution in [1.29, 1.82) is 0 Å². The quantitative estimate of drug-likeness (QED) is 0.233. The molecule has 0 aliphatic rings. The topological polar surface area (TPSA) is 130 Å². The fraction of sp³-hybridized carbons (Fsp3) is 0.471. The Labute approximate surface area is 156 Å². The van der Waals surface area contributed by atoms with Crippen LogP contribution in [0.1, 0.15) is 32.6 Å². The first-order chi connectivity index (χ1) is 13.1. The molecule has 0 unspecified atom stereocenters. The van der Waals surface area contributed by atoms with E-state index in [-0.39, 0.29) is 24.8 Å². The van der Waals surface area contributed by atoms with E-state index in [1.807, 2.05) is 0 Å². The van der Waals surface area contributed by atoms with Crippen LogP contribution in [0, 0.1) is 5.92 Å². The van der Waals surface area contributed by atoms with Gasteiger partial charge < -0.3 is 4.74 Å². The molecule has 1 heterocycles. The largest absolute Gasteiger partial charge is 0.497 e. The van der Waals surface area contributed by atoms with E-state index in [2.05, 4.69) is 33.0 Å². The first-order valence-electron chi connectivity index (χ1n) is 8.72. The predicted molar refractivity (Wildman–Crippen MR) is 97.8 cm³/mol. The Kier molecular flexibility index (Phi) is 7.68. The van der Waals surface area contributed by atoms with E-state index in [9.17, 15) is 14.8 Å². The second-order valence-corrected chi connectivity index (χ2v) is 6.02. The van der Waals surface area contributed by atoms with Crippen LogP contribution in [0.2, 0.25) is 0 Å². The number of ether oxygens (including phenoxy) is 1. The maximum atomic E-state index is 12.4. The summed E-state index contributed by atoms with van der Waals surface area (Å²) in [5, 5.41) is 17.8. The highest BCUT2D eigenvalue weighted by Crippen LogP contribution is 2.17. The number of hydrogen-bond donors (Lipinski definition) is 3. The number of nitrogens with zero attached hydrogens (tertiary/aromatic N) is 4. The molecule has 2 amide bonds. The van der Waals surface area contributed by atoms with Crippen molar-refractivity contribution in [2.24, 2.45) is 5.92 Å². The van der Waals surface area contributed by atoms with E-state index in [1.165, 1.54) is 0 Å². The monoisotopic (exact) mass is 376 g/mol. The second kappa shape index (κ2) is 10.2. The van der Waals surface area contributed by atoms with Crippen LogP contribution in [-0.2, 0) is 9.59 Å². The third kappa shape index (κ3) is 6.03. The third-order valence-electron chi connectivity index (χ3n) is 4.01. The van der Waals surface area contributed by atoms with Crippen molar-refractivity contribution in [2.75, 3.05) is 19.1 Å². The van der Waals surface area contributed by atoms with Gasteiger partial charge in [-0.05, 0) is 18.6 Å². The Morgan fingerprint density at radius 3 is 2.85 bits per heavy atom. The summed E-state index contributed by atoms with van der Waals surface area (Å²) in [7, 11) is 1.56. The Morgan fingerprint density at radius 2 is 2.15 bits per heavy atom. The molecule has 27 heavy (non-hydrogen) atoms. The van der Waals surface area contributed by atoms with Gasteiger partial charge in [-0.1, -0.05) is 26.2 Å². The van der Waals surface area contributed by atoms with Crippen LogP contribution >= 0.6 is 0 Å². The van der Waals surface area contributed by atoms with Gasteiger partial charge in [-0.2, -0.15) is 0 Å². The lowest BCUT2D eigenvalue weighted by molar-refractivity contribution is -0.154. The van der Waals surface area contributed by atoms with Crippen LogP contribution < -0.4 is 15.6 Å². The molecule has 1 atom stereocenters. The van der Waals surface area contributed by atoms with Crippen molar-refractivity contribution in [2.45, 2.75) is 32.6 Å². The summed E-state index contributed by atoms with van der Waals surface area (Å²) >= 11 is 0. The number of methoxy groups -OCH3 is 1. The fourth-order valence-electron chi connectivity index (χ4n) is 2.53. The Bertz CT molecular complexity index is 772. The fourth-order valence-corrected chi connectivity index (χ4v) is 2.53. The predicted octanol–water partition coefficient (Wildman–Crippen LogP) is 1.52. The van der Waals surface area contributed by atoms with Gasteiger partial charge in [0.05, 0.1) is 25.1 Å². The number of fused-ring (bicyclic) bond motifs is 1. The number of carbonyl (C=O) groups is 2. The van der Waals surface area contributed by atoms with E-state index in [1.54, 1.807) is 25.3 Å². The second-order valence-electron chi connectivity index (χ2n) is 6.02. The number of anilines is 1. The molecule has 1 aromatic carbocycles. The van der Waals surface area contributed by atoms with E-state index in [4.69, 9.17) is 4.74 Å². The van der Waals surface area contributed by atoms with Crippen LogP contribution in [0.15, 0.2) is 18.2 Å². The number of carbonyl (C=O) groups excluding carboxylic acids is 2. The lowest BCUT2D eigenvalue weighted by atomic mass is 10.0. The molecular weight excluding hydrogens is 352 g/mol. The number of hydrazine groups is 1. The summed E-state index contributed by atoms with van der Waals surface area (Å²) in [5.41, 5.74) is 6.28. The minimum absolute atomic E-state index is 0.0860. The number of unbranched alkanes of at least 4 members (excludes halogenated alkanes) is 2. The number of aromatic nitrogens is 3. The molecule has 0 aliphatic carbocycles. The maximum absolute atomic E-state index is 12.4. The molecule has 2 rings (SSSR count). The molecular formula is C17H24N6O4. The highest BCUT2D eigenvalue weighted by molar-refractivity contribution is 5.80. The van der Waals surface area contributed by atoms with Gasteiger partial charge in [0.25, 0.3) is 5.95 Å². The smallest absolute Gasteiger partial charge is 0.262 e. The molecule has 0 saturated heterocycles. The van der Waals surface area contributed by atoms with Gasteiger partial charge in [-0.3, -0.25) is 25.6 Å². The maximum Gasteiger partial charge on any atom is 0.262 e. The van der Waals surface area contributed by atoms with Crippen molar-refractivity contribution < 1.29 is 19.5 Å². The van der Waals surface area contributed by atoms with Crippen molar-refractivity contribution in [3.8, 4) is 5.75 Å². The zero-order valence-electron chi connectivity index (χ0n) is 15.4. The zero-order chi connectivity index (χ0) is 19.6. The average Bonchev–Trinajstić information content (AvgIpc) is 2.70. The Morgan fingerprint density at radius 1 is 1.33 bits per heavy atom. The summed E-state index contributed by atoms with van der Waals surface area (Å²) in [6, 6.07) is 5.19. The van der Waals surface area contributed by atoms with Crippen LogP contribution in [0.5, 0.6) is 5.75 Å². The summed E-state index contributed by atoms with van der Waals surface area (Å²) < 4.78 is 5.12. The van der Waals surface area contributed by atoms with Gasteiger partial charge in [0.15, 0.2) is 0 Å². The normalized spacial score (nSPS) is 11.7. The van der Waals surface area contributed by atoms with Gasteiger partial charge in [0.2, 0.25) is 12.3 Å². The molecule has 0 aliphatic heterocycles. The first-order valence-corrected chi connectivity index (χ1v) is 8.72. The molecule has 2 aromatic rings. The molecule has 1 aromatic heterocycles. The molecule has 0 fully saturated rings. The molecule has 0 bridgehead atoms. The summed E-state index contributed by atoms with van der Waals surface area (Å²) in [6.07, 6.45) is 3.60. The van der Waals surface area contributed by atoms with E-state index >= 15 is 0 Å². The third-order valence-corrected chi connectivity index (χ3v) is 4.01. The first kappa shape index (κ1) is 20.3. The van der Waals surface area contributed by atoms with Crippen molar-refractivity contribution in [1.82, 2.24) is 25.7 Å². The highest BCUT2D eigenvalue weighted by Gasteiger charge is 2.20. The molecule has 3 N–H and O–H groups in total. The SMILES string of the molecule is CCCCC[C@@H](CN(O)C=O)C(=O)NNc1nnc2cc(OC)ccc2n1. The van der Waals surface area contributed by atoms with Crippen LogP contribution in [0.4, 0.5) is 5.95 Å². The number of nitrogens with one attached hydrogen (secondary N) is 2. The number of hydroxylamine groups is 2. The standard InChI is InChI=1S/C17H24N6O4/c1-3-4-5-6-12(10-23(26)11-24)16(25)20-22-17-18-14-8-7-13(27-2)9-15(14)19-21-17/h7-9,11-12,26H,3-6,10H2,1-2H3,(H,20,25)(H,18,21,22)/t12-/m0/s1. The molecule has 0 saturated carbocycles. The average molecular weight is 376 g/mol. The van der Waals surface area contributed by atoms with E-state index in [0.29, 0.717) is 28.3 Å². The van der Waals surface area contributed by atoms with Gasteiger partial charge in [-0.15, -0.1) is 10.2 Å². The van der Waals surface area contributed by atoms with Gasteiger partial charge in [0.1, 0.15) is 11.3 Å². The zero-order valence-corrected chi connectivity index (χ0v) is 15.4. The van der Waals surface area contributed by atoms with Crippen LogP contribution in [-0.4, -0.2) is 51.4 Å². The number of hydrogen-bond acceptors (Lipinski definition) is 8. The van der Waals surface area contributed by atoms with Gasteiger partial charge >= 0.3 is 0 Å². The van der Waals surface area contributed by atoms with Crippen molar-refractivity contribution >= 4 is 29.3 Å². The molecule has 10 nitrogen and oxygen atoms in total. The van der Waals surface area contributed by atoms with Crippen LogP contribution in [0.3, 0.4) is 0 Å². The highest BCUT2D eigenvalue weighted by atomic mass is 16.5. The van der Waals surface area contributed by atoms with E-state index in [0.717, 1.165) is 19.3 Å². The number of rotatable bonds is 11. The Hall–Kier alpha value is -3.01. The molecule has 0 spiro atoms. The van der Waals surface area contributed by atoms with E-state index < -0.39 is 5.92 Å². The van der Waals surface area contributed by atoms with Crippen LogP contribution in [0.25, 0.3) is 11.0 Å². The summed E-state index contributed by atoms with van der Waals surface area (Å²) in [5.74, 6) is -0.154. The molecule has 10 heteroatoms. The summed E-state index contributed by atoms with van der Waals surface area (Å²) in [6.45, 7) is 1.97.